The van der Waals surface area contributed by atoms with Crippen molar-refractivity contribution in [1.29, 1.82) is 0 Å². The van der Waals surface area contributed by atoms with E-state index in [0.717, 1.165) is 0 Å². The molecule has 0 saturated heterocycles. The highest BCUT2D eigenvalue weighted by Crippen LogP contribution is 2.11. The summed E-state index contributed by atoms with van der Waals surface area (Å²) in [7, 11) is 1.78. The summed E-state index contributed by atoms with van der Waals surface area (Å²) < 4.78 is 6.67. The molecule has 0 unspecified atom stereocenters. The molecule has 4 heteroatoms. The van der Waals surface area contributed by atoms with Crippen LogP contribution in [0.4, 0.5) is 5.82 Å². The van der Waals surface area contributed by atoms with Crippen molar-refractivity contribution in [2.75, 3.05) is 12.3 Å². The molecule has 1 aromatic rings. The molecule has 0 amide bonds. The van der Waals surface area contributed by atoms with Gasteiger partial charge in [0, 0.05) is 13.1 Å². The largest absolute Gasteiger partial charge is 0.477 e. The van der Waals surface area contributed by atoms with E-state index in [0.29, 0.717) is 18.3 Å². The number of hydrogen-bond donors (Lipinski definition) is 1. The molecule has 0 aliphatic rings. The highest BCUT2D eigenvalue weighted by molar-refractivity contribution is 5.33. The fraction of sp³-hybridized carbons (Fsp3) is 0.500. The van der Waals surface area contributed by atoms with Crippen LogP contribution < -0.4 is 10.5 Å². The van der Waals surface area contributed by atoms with Gasteiger partial charge in [-0.3, -0.25) is 0 Å². The lowest BCUT2D eigenvalue weighted by molar-refractivity contribution is 0.323. The molecule has 2 N–H and O–H groups in total. The van der Waals surface area contributed by atoms with Crippen molar-refractivity contribution in [2.24, 2.45) is 7.05 Å². The summed E-state index contributed by atoms with van der Waals surface area (Å²) in [5, 5.41) is 3.97. The predicted molar refractivity (Wildman–Crippen MR) is 38.8 cm³/mol. The van der Waals surface area contributed by atoms with Gasteiger partial charge in [0.15, 0.2) is 0 Å². The van der Waals surface area contributed by atoms with E-state index in [9.17, 15) is 0 Å². The summed E-state index contributed by atoms with van der Waals surface area (Å²) in [4.78, 5) is 0. The number of aryl methyl sites for hydroxylation is 1. The van der Waals surface area contributed by atoms with Gasteiger partial charge in [0.05, 0.1) is 6.61 Å². The third-order valence-electron chi connectivity index (χ3n) is 1.19. The molecule has 0 saturated carbocycles. The van der Waals surface area contributed by atoms with Gasteiger partial charge >= 0.3 is 0 Å². The van der Waals surface area contributed by atoms with Crippen molar-refractivity contribution in [3.8, 4) is 5.88 Å². The van der Waals surface area contributed by atoms with Crippen molar-refractivity contribution in [2.45, 2.75) is 6.92 Å². The average molecular weight is 141 g/mol. The van der Waals surface area contributed by atoms with Gasteiger partial charge in [0.25, 0.3) is 0 Å². The molecule has 1 rings (SSSR count). The minimum atomic E-state index is 0.586. The Hall–Kier alpha value is -1.19. The molecule has 0 atom stereocenters. The molecule has 0 spiro atoms. The molecule has 1 aromatic heterocycles. The number of nitrogens with zero attached hydrogens (tertiary/aromatic N) is 2. The average Bonchev–Trinajstić information content (AvgIpc) is 2.14. The van der Waals surface area contributed by atoms with E-state index >= 15 is 0 Å². The van der Waals surface area contributed by atoms with Gasteiger partial charge in [0.1, 0.15) is 5.82 Å². The molecular weight excluding hydrogens is 130 g/mol. The highest BCUT2D eigenvalue weighted by atomic mass is 16.5. The normalized spacial score (nSPS) is 9.80. The lowest BCUT2D eigenvalue weighted by Gasteiger charge is -1.93. The minimum Gasteiger partial charge on any atom is -0.477 e. The molecule has 0 bridgehead atoms. The first-order valence-corrected chi connectivity index (χ1v) is 3.16. The second-order valence-corrected chi connectivity index (χ2v) is 1.96. The van der Waals surface area contributed by atoms with Crippen molar-refractivity contribution in [3.05, 3.63) is 6.07 Å². The maximum atomic E-state index is 5.49. The number of ether oxygens (including phenoxy) is 1. The van der Waals surface area contributed by atoms with Gasteiger partial charge < -0.3 is 10.5 Å². The molecule has 56 valence electrons. The summed E-state index contributed by atoms with van der Waals surface area (Å²) in [5.41, 5.74) is 5.49. The Morgan fingerprint density at radius 1 is 1.80 bits per heavy atom. The van der Waals surface area contributed by atoms with Gasteiger partial charge in [-0.1, -0.05) is 0 Å². The zero-order valence-electron chi connectivity index (χ0n) is 6.16. The van der Waals surface area contributed by atoms with Crippen LogP contribution in [0.5, 0.6) is 5.88 Å². The third-order valence-corrected chi connectivity index (χ3v) is 1.19. The number of nitrogen functional groups attached to an aromatic ring is 1. The molecule has 1 heterocycles. The number of aromatic nitrogens is 2. The third kappa shape index (κ3) is 1.21. The van der Waals surface area contributed by atoms with Crippen molar-refractivity contribution in [1.82, 2.24) is 9.78 Å². The second kappa shape index (κ2) is 2.60. The Morgan fingerprint density at radius 2 is 2.50 bits per heavy atom. The smallest absolute Gasteiger partial charge is 0.234 e. The molecule has 0 aliphatic heterocycles. The van der Waals surface area contributed by atoms with Gasteiger partial charge in [-0.25, -0.2) is 4.68 Å². The van der Waals surface area contributed by atoms with Crippen molar-refractivity contribution in [3.63, 3.8) is 0 Å². The van der Waals surface area contributed by atoms with Crippen LogP contribution in [0.3, 0.4) is 0 Å². The quantitative estimate of drug-likeness (QED) is 0.648. The van der Waals surface area contributed by atoms with Crippen LogP contribution in [0.25, 0.3) is 0 Å². The van der Waals surface area contributed by atoms with E-state index in [2.05, 4.69) is 5.10 Å². The first kappa shape index (κ1) is 6.92. The lowest BCUT2D eigenvalue weighted by atomic mass is 10.6. The SMILES string of the molecule is CCOc1cc(N)n(C)n1. The molecule has 4 nitrogen and oxygen atoms in total. The summed E-state index contributed by atoms with van der Waals surface area (Å²) in [6.45, 7) is 2.53. The van der Waals surface area contributed by atoms with Crippen LogP contribution in [0.2, 0.25) is 0 Å². The lowest BCUT2D eigenvalue weighted by Crippen LogP contribution is -1.97. The number of anilines is 1. The number of nitrogens with two attached hydrogens (primary N) is 1. The Bertz CT molecular complexity index is 199. The maximum Gasteiger partial charge on any atom is 0.234 e. The van der Waals surface area contributed by atoms with Crippen LogP contribution >= 0.6 is 0 Å². The Kier molecular flexibility index (Phi) is 1.80. The topological polar surface area (TPSA) is 53.1 Å². The van der Waals surface area contributed by atoms with Gasteiger partial charge in [-0.05, 0) is 6.92 Å². The summed E-state index contributed by atoms with van der Waals surface area (Å²) in [5.74, 6) is 1.20. The van der Waals surface area contributed by atoms with Crippen LogP contribution in [0.1, 0.15) is 6.92 Å². The zero-order valence-corrected chi connectivity index (χ0v) is 6.16. The van der Waals surface area contributed by atoms with Gasteiger partial charge in [-0.15, -0.1) is 5.10 Å². The second-order valence-electron chi connectivity index (χ2n) is 1.96. The van der Waals surface area contributed by atoms with E-state index < -0.39 is 0 Å². The van der Waals surface area contributed by atoms with E-state index in [1.54, 1.807) is 17.8 Å². The van der Waals surface area contributed by atoms with Crippen molar-refractivity contribution >= 4 is 5.82 Å². The zero-order chi connectivity index (χ0) is 7.56. The summed E-state index contributed by atoms with van der Waals surface area (Å²) >= 11 is 0. The molecule has 0 radical (unpaired) electrons. The molecule has 0 fully saturated rings. The van der Waals surface area contributed by atoms with Crippen molar-refractivity contribution < 1.29 is 4.74 Å². The van der Waals surface area contributed by atoms with Crippen LogP contribution in [-0.4, -0.2) is 16.4 Å². The Morgan fingerprint density at radius 3 is 2.90 bits per heavy atom. The first-order chi connectivity index (χ1) is 4.74. The number of rotatable bonds is 2. The van der Waals surface area contributed by atoms with Crippen LogP contribution in [0, 0.1) is 0 Å². The molecule has 0 aromatic carbocycles. The Labute approximate surface area is 59.6 Å². The van der Waals surface area contributed by atoms with Gasteiger partial charge in [0.2, 0.25) is 5.88 Å². The standard InChI is InChI=1S/C6H11N3O/c1-3-10-6-4-5(7)9(2)8-6/h4H,3,7H2,1-2H3. The van der Waals surface area contributed by atoms with Crippen LogP contribution in [-0.2, 0) is 7.05 Å². The van der Waals surface area contributed by atoms with E-state index in [1.807, 2.05) is 6.92 Å². The fourth-order valence-electron chi connectivity index (χ4n) is 0.673. The van der Waals surface area contributed by atoms with Gasteiger partial charge in [-0.2, -0.15) is 0 Å². The first-order valence-electron chi connectivity index (χ1n) is 3.16. The minimum absolute atomic E-state index is 0.586. The fourth-order valence-corrected chi connectivity index (χ4v) is 0.673. The summed E-state index contributed by atoms with van der Waals surface area (Å²) in [6.07, 6.45) is 0. The highest BCUT2D eigenvalue weighted by Gasteiger charge is 1.99. The maximum absolute atomic E-state index is 5.49. The van der Waals surface area contributed by atoms with E-state index in [-0.39, 0.29) is 0 Å². The predicted octanol–water partition coefficient (Wildman–Crippen LogP) is 0.401. The number of hydrogen-bond acceptors (Lipinski definition) is 3. The summed E-state index contributed by atoms with van der Waals surface area (Å²) in [6, 6.07) is 1.70. The van der Waals surface area contributed by atoms with E-state index in [4.69, 9.17) is 10.5 Å². The molecule has 0 aliphatic carbocycles. The molecule has 10 heavy (non-hydrogen) atoms. The molecular formula is C6H11N3O. The van der Waals surface area contributed by atoms with Crippen LogP contribution in [0.15, 0.2) is 6.07 Å². The monoisotopic (exact) mass is 141 g/mol. The Balaban J connectivity index is 2.77. The van der Waals surface area contributed by atoms with E-state index in [1.165, 1.54) is 0 Å².